The van der Waals surface area contributed by atoms with Crippen LogP contribution in [-0.2, 0) is 6.18 Å². The summed E-state index contributed by atoms with van der Waals surface area (Å²) in [5.74, 6) is 0.513. The van der Waals surface area contributed by atoms with Crippen LogP contribution >= 0.6 is 0 Å². The summed E-state index contributed by atoms with van der Waals surface area (Å²) in [5.41, 5.74) is -0.0475. The van der Waals surface area contributed by atoms with Gasteiger partial charge in [0.25, 0.3) is 0 Å². The average Bonchev–Trinajstić information content (AvgIpc) is 2.61. The largest absolute Gasteiger partial charge is 0.468 e. The Balaban J connectivity index is 0.000000686. The quantitative estimate of drug-likeness (QED) is 0.628. The molecule has 0 N–H and O–H groups in total. The zero-order valence-electron chi connectivity index (χ0n) is 10.3. The normalized spacial score (nSPS) is 11.2. The lowest BCUT2D eigenvalue weighted by atomic mass is 10.0. The molecule has 0 fully saturated rings. The van der Waals surface area contributed by atoms with Crippen molar-refractivity contribution < 1.29 is 17.6 Å². The zero-order chi connectivity index (χ0) is 13.2. The first-order chi connectivity index (χ1) is 7.89. The van der Waals surface area contributed by atoms with E-state index in [0.717, 1.165) is 12.3 Å². The van der Waals surface area contributed by atoms with Crippen LogP contribution < -0.4 is 0 Å². The molecular formula is C13H15F3O. The van der Waals surface area contributed by atoms with Crippen LogP contribution in [0.4, 0.5) is 13.2 Å². The van der Waals surface area contributed by atoms with Crippen molar-refractivity contribution in [3.05, 3.63) is 35.3 Å². The maximum atomic E-state index is 12.7. The van der Waals surface area contributed by atoms with Gasteiger partial charge in [-0.3, -0.25) is 0 Å². The van der Waals surface area contributed by atoms with E-state index < -0.39 is 11.7 Å². The van der Waals surface area contributed by atoms with E-state index in [1.54, 1.807) is 19.9 Å². The Morgan fingerprint density at radius 2 is 1.59 bits per heavy atom. The fraction of sp³-hybridized carbons (Fsp3) is 0.385. The third kappa shape index (κ3) is 2.62. The lowest BCUT2D eigenvalue weighted by Crippen LogP contribution is -2.05. The number of hydrogen-bond donors (Lipinski definition) is 0. The molecule has 4 heteroatoms. The summed E-state index contributed by atoms with van der Waals surface area (Å²) >= 11 is 0. The highest BCUT2D eigenvalue weighted by molar-refractivity contribution is 5.88. The van der Waals surface area contributed by atoms with Crippen molar-refractivity contribution in [2.24, 2.45) is 0 Å². The van der Waals surface area contributed by atoms with Gasteiger partial charge in [0.1, 0.15) is 5.76 Å². The number of aryl methyl sites for hydroxylation is 2. The highest BCUT2D eigenvalue weighted by Crippen LogP contribution is 2.37. The number of fused-ring (bicyclic) bond motifs is 1. The Morgan fingerprint density at radius 1 is 1.00 bits per heavy atom. The first-order valence-electron chi connectivity index (χ1n) is 5.45. The fourth-order valence-electron chi connectivity index (χ4n) is 1.66. The van der Waals surface area contributed by atoms with Gasteiger partial charge >= 0.3 is 6.18 Å². The van der Waals surface area contributed by atoms with Crippen LogP contribution in [0.5, 0.6) is 0 Å². The van der Waals surface area contributed by atoms with Crippen molar-refractivity contribution in [2.75, 3.05) is 0 Å². The van der Waals surface area contributed by atoms with Crippen LogP contribution in [0.2, 0.25) is 0 Å². The molecule has 0 aliphatic heterocycles. The summed E-state index contributed by atoms with van der Waals surface area (Å²) in [5, 5.41) is 0.660. The molecule has 1 aromatic heterocycles. The molecule has 0 aliphatic carbocycles. The molecular weight excluding hydrogens is 229 g/mol. The molecule has 0 amide bonds. The van der Waals surface area contributed by atoms with Crippen LogP contribution in [0.25, 0.3) is 10.8 Å². The summed E-state index contributed by atoms with van der Waals surface area (Å²) in [6.07, 6.45) is -3.17. The van der Waals surface area contributed by atoms with Gasteiger partial charge in [-0.1, -0.05) is 13.8 Å². The van der Waals surface area contributed by atoms with E-state index in [9.17, 15) is 13.2 Å². The highest BCUT2D eigenvalue weighted by Gasteiger charge is 2.33. The SMILES string of the molecule is CC.Cc1cc(C(F)(F)F)c2coc(C)c2c1. The van der Waals surface area contributed by atoms with Crippen molar-refractivity contribution >= 4 is 10.8 Å². The summed E-state index contributed by atoms with van der Waals surface area (Å²) in [7, 11) is 0. The molecule has 2 aromatic rings. The summed E-state index contributed by atoms with van der Waals surface area (Å²) < 4.78 is 43.0. The van der Waals surface area contributed by atoms with Crippen molar-refractivity contribution in [3.8, 4) is 0 Å². The van der Waals surface area contributed by atoms with Gasteiger partial charge in [-0.2, -0.15) is 13.2 Å². The molecule has 0 radical (unpaired) electrons. The van der Waals surface area contributed by atoms with Crippen molar-refractivity contribution in [1.29, 1.82) is 0 Å². The van der Waals surface area contributed by atoms with E-state index in [0.29, 0.717) is 16.7 Å². The minimum absolute atomic E-state index is 0.130. The molecule has 1 heterocycles. The number of furan rings is 1. The molecule has 0 spiro atoms. The second-order valence-electron chi connectivity index (χ2n) is 3.56. The van der Waals surface area contributed by atoms with Gasteiger partial charge in [0.15, 0.2) is 0 Å². The molecule has 0 aliphatic rings. The minimum Gasteiger partial charge on any atom is -0.468 e. The molecule has 0 bridgehead atoms. The third-order valence-corrected chi connectivity index (χ3v) is 2.36. The highest BCUT2D eigenvalue weighted by atomic mass is 19.4. The van der Waals surface area contributed by atoms with Crippen molar-refractivity contribution in [2.45, 2.75) is 33.9 Å². The van der Waals surface area contributed by atoms with Crippen LogP contribution in [0.15, 0.2) is 22.8 Å². The minimum atomic E-state index is -4.33. The first kappa shape index (κ1) is 13.6. The van der Waals surface area contributed by atoms with E-state index in [2.05, 4.69) is 0 Å². The molecule has 0 atom stereocenters. The second kappa shape index (κ2) is 4.82. The Hall–Kier alpha value is -1.45. The second-order valence-corrected chi connectivity index (χ2v) is 3.56. The standard InChI is InChI=1S/C11H9F3O.C2H6/c1-6-3-8-7(2)15-5-9(8)10(4-6)11(12,13)14;1-2/h3-5H,1-2H3;1-2H3. The van der Waals surface area contributed by atoms with Crippen LogP contribution in [0.3, 0.4) is 0 Å². The lowest BCUT2D eigenvalue weighted by Gasteiger charge is -2.08. The summed E-state index contributed by atoms with van der Waals surface area (Å²) in [6, 6.07) is 2.83. The van der Waals surface area contributed by atoms with E-state index >= 15 is 0 Å². The van der Waals surface area contributed by atoms with Crippen molar-refractivity contribution in [1.82, 2.24) is 0 Å². The van der Waals surface area contributed by atoms with Gasteiger partial charge in [-0.15, -0.1) is 0 Å². The van der Waals surface area contributed by atoms with Crippen LogP contribution in [-0.4, -0.2) is 0 Å². The monoisotopic (exact) mass is 244 g/mol. The summed E-state index contributed by atoms with van der Waals surface area (Å²) in [4.78, 5) is 0. The van der Waals surface area contributed by atoms with Gasteiger partial charge in [0.05, 0.1) is 11.8 Å². The third-order valence-electron chi connectivity index (χ3n) is 2.36. The predicted octanol–water partition coefficient (Wildman–Crippen LogP) is 5.09. The molecule has 17 heavy (non-hydrogen) atoms. The number of alkyl halides is 3. The number of hydrogen-bond acceptors (Lipinski definition) is 1. The fourth-order valence-corrected chi connectivity index (χ4v) is 1.66. The number of halogens is 3. The van der Waals surface area contributed by atoms with Gasteiger partial charge in [0, 0.05) is 10.8 Å². The van der Waals surface area contributed by atoms with E-state index in [4.69, 9.17) is 4.42 Å². The van der Waals surface area contributed by atoms with E-state index in [1.165, 1.54) is 0 Å². The number of benzene rings is 1. The van der Waals surface area contributed by atoms with Gasteiger partial charge in [0.2, 0.25) is 0 Å². The van der Waals surface area contributed by atoms with E-state index in [1.807, 2.05) is 13.8 Å². The van der Waals surface area contributed by atoms with Crippen LogP contribution in [0.1, 0.15) is 30.7 Å². The Kier molecular flexibility index (Phi) is 3.86. The maximum Gasteiger partial charge on any atom is 0.417 e. The lowest BCUT2D eigenvalue weighted by molar-refractivity contribution is -0.136. The molecule has 1 aromatic carbocycles. The number of rotatable bonds is 0. The maximum absolute atomic E-state index is 12.7. The smallest absolute Gasteiger partial charge is 0.417 e. The topological polar surface area (TPSA) is 13.1 Å². The predicted molar refractivity (Wildman–Crippen MR) is 62.0 cm³/mol. The summed E-state index contributed by atoms with van der Waals surface area (Å²) in [6.45, 7) is 7.29. The van der Waals surface area contributed by atoms with Crippen molar-refractivity contribution in [3.63, 3.8) is 0 Å². The Morgan fingerprint density at radius 3 is 2.12 bits per heavy atom. The molecule has 2 rings (SSSR count). The van der Waals surface area contributed by atoms with Gasteiger partial charge in [-0.25, -0.2) is 0 Å². The van der Waals surface area contributed by atoms with E-state index in [-0.39, 0.29) is 5.39 Å². The first-order valence-corrected chi connectivity index (χ1v) is 5.45. The Labute approximate surface area is 98.2 Å². The Bertz CT molecular complexity index is 509. The van der Waals surface area contributed by atoms with Gasteiger partial charge < -0.3 is 4.42 Å². The molecule has 0 saturated carbocycles. The molecule has 1 nitrogen and oxygen atoms in total. The average molecular weight is 244 g/mol. The molecule has 0 unspecified atom stereocenters. The molecule has 0 saturated heterocycles. The zero-order valence-corrected chi connectivity index (χ0v) is 10.3. The van der Waals surface area contributed by atoms with Gasteiger partial charge in [-0.05, 0) is 31.5 Å². The van der Waals surface area contributed by atoms with Crippen LogP contribution in [0, 0.1) is 13.8 Å². The molecule has 94 valence electrons.